The molecule has 1 fully saturated rings. The smallest absolute Gasteiger partial charge is 0.145 e. The zero-order valence-electron chi connectivity index (χ0n) is 12.1. The summed E-state index contributed by atoms with van der Waals surface area (Å²) in [6.45, 7) is 5.72. The maximum Gasteiger partial charge on any atom is 0.145 e. The van der Waals surface area contributed by atoms with Gasteiger partial charge in [-0.25, -0.2) is 0 Å². The first-order chi connectivity index (χ1) is 9.12. The van der Waals surface area contributed by atoms with Crippen molar-refractivity contribution < 1.29 is 0 Å². The monoisotopic (exact) mass is 261 g/mol. The summed E-state index contributed by atoms with van der Waals surface area (Å²) < 4.78 is 1.82. The second kappa shape index (κ2) is 5.62. The van der Waals surface area contributed by atoms with Gasteiger partial charge in [0.15, 0.2) is 0 Å². The van der Waals surface area contributed by atoms with E-state index in [1.54, 1.807) is 0 Å². The summed E-state index contributed by atoms with van der Waals surface area (Å²) in [5, 5.41) is 13.7. The molecule has 0 saturated carbocycles. The SMILES string of the molecule is CCC1CCN(c2c(C#N)c(C)nn2C)C(CN)C1. The highest BCUT2D eigenvalue weighted by Gasteiger charge is 2.30. The third kappa shape index (κ3) is 2.45. The highest BCUT2D eigenvalue weighted by atomic mass is 15.4. The van der Waals surface area contributed by atoms with Crippen LogP contribution in [-0.2, 0) is 7.05 Å². The molecule has 0 radical (unpaired) electrons. The average molecular weight is 261 g/mol. The molecule has 2 atom stereocenters. The summed E-state index contributed by atoms with van der Waals surface area (Å²) in [7, 11) is 1.91. The molecule has 0 amide bonds. The maximum absolute atomic E-state index is 9.34. The molecule has 0 spiro atoms. The summed E-state index contributed by atoms with van der Waals surface area (Å²) in [4.78, 5) is 2.28. The van der Waals surface area contributed by atoms with Crippen LogP contribution in [0.15, 0.2) is 0 Å². The van der Waals surface area contributed by atoms with Crippen molar-refractivity contribution in [3.8, 4) is 6.07 Å². The minimum Gasteiger partial charge on any atom is -0.351 e. The Kier molecular flexibility index (Phi) is 4.11. The number of rotatable bonds is 3. The zero-order valence-corrected chi connectivity index (χ0v) is 12.1. The Bertz CT molecular complexity index is 485. The Hall–Kier alpha value is -1.54. The van der Waals surface area contributed by atoms with Crippen molar-refractivity contribution in [3.63, 3.8) is 0 Å². The van der Waals surface area contributed by atoms with E-state index in [2.05, 4.69) is 23.0 Å². The largest absolute Gasteiger partial charge is 0.351 e. The van der Waals surface area contributed by atoms with Crippen molar-refractivity contribution >= 4 is 5.82 Å². The van der Waals surface area contributed by atoms with Crippen molar-refractivity contribution in [3.05, 3.63) is 11.3 Å². The molecule has 1 aromatic rings. The molecule has 1 saturated heterocycles. The van der Waals surface area contributed by atoms with Gasteiger partial charge in [-0.3, -0.25) is 4.68 Å². The van der Waals surface area contributed by atoms with Crippen molar-refractivity contribution in [2.24, 2.45) is 18.7 Å². The molecule has 2 unspecified atom stereocenters. The molecule has 19 heavy (non-hydrogen) atoms. The first kappa shape index (κ1) is 13.9. The number of anilines is 1. The van der Waals surface area contributed by atoms with Crippen molar-refractivity contribution in [2.45, 2.75) is 39.2 Å². The van der Waals surface area contributed by atoms with E-state index in [0.29, 0.717) is 18.2 Å². The van der Waals surface area contributed by atoms with Gasteiger partial charge in [-0.1, -0.05) is 13.3 Å². The van der Waals surface area contributed by atoms with Gasteiger partial charge in [-0.05, 0) is 25.7 Å². The highest BCUT2D eigenvalue weighted by Crippen LogP contribution is 2.31. The van der Waals surface area contributed by atoms with Gasteiger partial charge in [-0.2, -0.15) is 10.4 Å². The van der Waals surface area contributed by atoms with Gasteiger partial charge in [0.2, 0.25) is 0 Å². The van der Waals surface area contributed by atoms with Gasteiger partial charge in [0.1, 0.15) is 17.5 Å². The molecule has 5 nitrogen and oxygen atoms in total. The van der Waals surface area contributed by atoms with Crippen LogP contribution < -0.4 is 10.6 Å². The lowest BCUT2D eigenvalue weighted by atomic mass is 9.88. The molecule has 2 rings (SSSR count). The van der Waals surface area contributed by atoms with Crippen LogP contribution in [0.4, 0.5) is 5.82 Å². The van der Waals surface area contributed by atoms with Crippen molar-refractivity contribution in [1.82, 2.24) is 9.78 Å². The molecule has 2 N–H and O–H groups in total. The number of hydrogen-bond acceptors (Lipinski definition) is 4. The molecule has 104 valence electrons. The topological polar surface area (TPSA) is 70.9 Å². The number of hydrogen-bond donors (Lipinski definition) is 1. The van der Waals surface area contributed by atoms with Crippen LogP contribution in [0, 0.1) is 24.2 Å². The molecular weight excluding hydrogens is 238 g/mol. The van der Waals surface area contributed by atoms with E-state index >= 15 is 0 Å². The lowest BCUT2D eigenvalue weighted by Gasteiger charge is -2.40. The number of aromatic nitrogens is 2. The van der Waals surface area contributed by atoms with Gasteiger partial charge in [-0.15, -0.1) is 0 Å². The fourth-order valence-electron chi connectivity index (χ4n) is 3.11. The fraction of sp³-hybridized carbons (Fsp3) is 0.714. The molecule has 0 bridgehead atoms. The molecule has 0 aromatic carbocycles. The van der Waals surface area contributed by atoms with Crippen LogP contribution in [-0.4, -0.2) is 28.9 Å². The van der Waals surface area contributed by atoms with E-state index < -0.39 is 0 Å². The molecular formula is C14H23N5. The van der Waals surface area contributed by atoms with Crippen LogP contribution in [0.5, 0.6) is 0 Å². The second-order valence-corrected chi connectivity index (χ2v) is 5.40. The third-order valence-electron chi connectivity index (χ3n) is 4.25. The number of piperidine rings is 1. The van der Waals surface area contributed by atoms with Gasteiger partial charge in [0.05, 0.1) is 5.69 Å². The van der Waals surface area contributed by atoms with Crippen LogP contribution in [0.1, 0.15) is 37.4 Å². The van der Waals surface area contributed by atoms with Crippen molar-refractivity contribution in [1.29, 1.82) is 5.26 Å². The van der Waals surface area contributed by atoms with E-state index in [0.717, 1.165) is 30.4 Å². The first-order valence-corrected chi connectivity index (χ1v) is 7.02. The Morgan fingerprint density at radius 3 is 2.84 bits per heavy atom. The number of nitrogens with two attached hydrogens (primary N) is 1. The third-order valence-corrected chi connectivity index (χ3v) is 4.25. The van der Waals surface area contributed by atoms with Gasteiger partial charge in [0, 0.05) is 26.2 Å². The van der Waals surface area contributed by atoms with Crippen LogP contribution in [0.3, 0.4) is 0 Å². The number of aryl methyl sites for hydroxylation is 2. The molecule has 2 heterocycles. The molecule has 1 aliphatic rings. The molecule has 1 aliphatic heterocycles. The number of nitrogens with zero attached hydrogens (tertiary/aromatic N) is 4. The summed E-state index contributed by atoms with van der Waals surface area (Å²) in [5.41, 5.74) is 7.43. The zero-order chi connectivity index (χ0) is 14.0. The predicted molar refractivity (Wildman–Crippen MR) is 75.9 cm³/mol. The van der Waals surface area contributed by atoms with Crippen molar-refractivity contribution in [2.75, 3.05) is 18.0 Å². The van der Waals surface area contributed by atoms with Gasteiger partial charge in [0.25, 0.3) is 0 Å². The Balaban J connectivity index is 2.33. The van der Waals surface area contributed by atoms with E-state index in [9.17, 15) is 5.26 Å². The Labute approximate surface area is 115 Å². The summed E-state index contributed by atoms with van der Waals surface area (Å²) in [5.74, 6) is 1.69. The predicted octanol–water partition coefficient (Wildman–Crippen LogP) is 1.55. The molecule has 0 aliphatic carbocycles. The summed E-state index contributed by atoms with van der Waals surface area (Å²) in [6.07, 6.45) is 3.49. The summed E-state index contributed by atoms with van der Waals surface area (Å²) in [6, 6.07) is 2.61. The molecule has 5 heteroatoms. The average Bonchev–Trinajstić information content (AvgIpc) is 2.71. The van der Waals surface area contributed by atoms with Gasteiger partial charge >= 0.3 is 0 Å². The maximum atomic E-state index is 9.34. The lowest BCUT2D eigenvalue weighted by molar-refractivity contribution is 0.332. The Morgan fingerprint density at radius 2 is 2.26 bits per heavy atom. The Morgan fingerprint density at radius 1 is 1.53 bits per heavy atom. The van der Waals surface area contributed by atoms with Crippen LogP contribution in [0.2, 0.25) is 0 Å². The van der Waals surface area contributed by atoms with Crippen LogP contribution >= 0.6 is 0 Å². The van der Waals surface area contributed by atoms with E-state index in [1.807, 2.05) is 18.7 Å². The second-order valence-electron chi connectivity index (χ2n) is 5.40. The van der Waals surface area contributed by atoms with Gasteiger partial charge < -0.3 is 10.6 Å². The highest BCUT2D eigenvalue weighted by molar-refractivity contribution is 5.57. The van der Waals surface area contributed by atoms with E-state index in [1.165, 1.54) is 12.8 Å². The normalized spacial score (nSPS) is 23.4. The fourth-order valence-corrected chi connectivity index (χ4v) is 3.11. The molecule has 1 aromatic heterocycles. The van der Waals surface area contributed by atoms with Crippen LogP contribution in [0.25, 0.3) is 0 Å². The standard InChI is InChI=1S/C14H23N5/c1-4-11-5-6-19(12(7-11)8-15)14-13(9-16)10(2)17-18(14)3/h11-12H,4-8,15H2,1-3H3. The minimum absolute atomic E-state index is 0.320. The lowest BCUT2D eigenvalue weighted by Crippen LogP contribution is -2.47. The van der Waals surface area contributed by atoms with E-state index in [-0.39, 0.29) is 0 Å². The van der Waals surface area contributed by atoms with E-state index in [4.69, 9.17) is 5.73 Å². The minimum atomic E-state index is 0.320. The quantitative estimate of drug-likeness (QED) is 0.896. The summed E-state index contributed by atoms with van der Waals surface area (Å²) >= 11 is 0. The first-order valence-electron chi connectivity index (χ1n) is 7.02. The number of nitriles is 1.